The third kappa shape index (κ3) is 3.48. The van der Waals surface area contributed by atoms with Crippen molar-refractivity contribution in [1.82, 2.24) is 14.8 Å². The summed E-state index contributed by atoms with van der Waals surface area (Å²) in [5.74, 6) is -0.109. The van der Waals surface area contributed by atoms with Crippen LogP contribution in [0, 0.1) is 5.82 Å². The quantitative estimate of drug-likeness (QED) is 0.697. The Bertz CT molecular complexity index is 1040. The van der Waals surface area contributed by atoms with Gasteiger partial charge in [0.25, 0.3) is 5.19 Å². The summed E-state index contributed by atoms with van der Waals surface area (Å²) in [6.45, 7) is 1.35. The van der Waals surface area contributed by atoms with E-state index in [9.17, 15) is 9.18 Å². The van der Waals surface area contributed by atoms with Crippen LogP contribution in [-0.2, 0) is 11.3 Å². The van der Waals surface area contributed by atoms with Crippen molar-refractivity contribution < 1.29 is 19.0 Å². The summed E-state index contributed by atoms with van der Waals surface area (Å²) in [6.07, 6.45) is 0.881. The van der Waals surface area contributed by atoms with Gasteiger partial charge in [-0.15, -0.1) is 0 Å². The van der Waals surface area contributed by atoms with Crippen LogP contribution in [0.25, 0.3) is 10.2 Å². The van der Waals surface area contributed by atoms with E-state index in [4.69, 9.17) is 9.84 Å². The summed E-state index contributed by atoms with van der Waals surface area (Å²) < 4.78 is 21.5. The second-order valence-electron chi connectivity index (χ2n) is 7.48. The van der Waals surface area contributed by atoms with Crippen LogP contribution in [0.5, 0.6) is 10.9 Å². The number of piperazine rings is 1. The van der Waals surface area contributed by atoms with Crippen LogP contribution in [0.15, 0.2) is 42.5 Å². The van der Waals surface area contributed by atoms with Gasteiger partial charge in [-0.25, -0.2) is 9.37 Å². The molecule has 2 unspecified atom stereocenters. The Kier molecular flexibility index (Phi) is 4.69. The van der Waals surface area contributed by atoms with Crippen LogP contribution < -0.4 is 4.74 Å². The maximum Gasteiger partial charge on any atom is 0.279 e. The first-order valence-corrected chi connectivity index (χ1v) is 10.4. The molecule has 5 rings (SSSR count). The van der Waals surface area contributed by atoms with E-state index in [1.807, 2.05) is 24.3 Å². The number of aliphatic hydroxyl groups excluding tert-OH is 1. The van der Waals surface area contributed by atoms with Crippen LogP contribution in [0.3, 0.4) is 0 Å². The first-order chi connectivity index (χ1) is 14.1. The fourth-order valence-electron chi connectivity index (χ4n) is 4.27. The molecule has 2 fully saturated rings. The molecule has 2 aliphatic heterocycles. The smallest absolute Gasteiger partial charge is 0.279 e. The number of amides is 1. The van der Waals surface area contributed by atoms with Crippen molar-refractivity contribution in [2.75, 3.05) is 19.7 Å². The van der Waals surface area contributed by atoms with Gasteiger partial charge in [0.1, 0.15) is 18.2 Å². The highest BCUT2D eigenvalue weighted by Crippen LogP contribution is 2.34. The fourth-order valence-corrected chi connectivity index (χ4v) is 5.11. The number of ether oxygens (including phenoxy) is 1. The molecule has 0 radical (unpaired) electrons. The van der Waals surface area contributed by atoms with Gasteiger partial charge < -0.3 is 14.7 Å². The predicted octanol–water partition coefficient (Wildman–Crippen LogP) is 3.01. The number of para-hydroxylation sites is 1. The largest absolute Gasteiger partial charge is 0.431 e. The first kappa shape index (κ1) is 18.5. The molecular formula is C21H20FN3O3S. The molecule has 2 aromatic carbocycles. The first-order valence-electron chi connectivity index (χ1n) is 9.57. The molecule has 1 amide bonds. The van der Waals surface area contributed by atoms with Gasteiger partial charge in [-0.05, 0) is 24.6 Å². The number of hydrogen-bond acceptors (Lipinski definition) is 6. The Balaban J connectivity index is 1.25. The number of fused-ring (bicyclic) bond motifs is 3. The molecular weight excluding hydrogens is 393 g/mol. The molecule has 1 N–H and O–H groups in total. The maximum absolute atomic E-state index is 14.7. The number of benzene rings is 2. The van der Waals surface area contributed by atoms with E-state index in [0.29, 0.717) is 36.1 Å². The third-order valence-corrected chi connectivity index (χ3v) is 6.60. The van der Waals surface area contributed by atoms with E-state index >= 15 is 0 Å². The number of nitrogens with zero attached hydrogens (tertiary/aromatic N) is 3. The Morgan fingerprint density at radius 2 is 2.10 bits per heavy atom. The lowest BCUT2D eigenvalue weighted by Gasteiger charge is -2.34. The second-order valence-corrected chi connectivity index (χ2v) is 8.47. The average Bonchev–Trinajstić information content (AvgIpc) is 3.42. The van der Waals surface area contributed by atoms with Crippen molar-refractivity contribution >= 4 is 27.5 Å². The highest BCUT2D eigenvalue weighted by molar-refractivity contribution is 7.20. The van der Waals surface area contributed by atoms with Crippen LogP contribution in [0.1, 0.15) is 12.0 Å². The van der Waals surface area contributed by atoms with Crippen LogP contribution in [0.2, 0.25) is 0 Å². The highest BCUT2D eigenvalue weighted by Gasteiger charge is 2.44. The molecule has 0 aliphatic carbocycles. The zero-order valence-corrected chi connectivity index (χ0v) is 16.4. The second kappa shape index (κ2) is 7.37. The minimum Gasteiger partial charge on any atom is -0.431 e. The monoisotopic (exact) mass is 413 g/mol. The molecule has 0 spiro atoms. The van der Waals surface area contributed by atoms with Gasteiger partial charge in [0.05, 0.1) is 10.2 Å². The van der Waals surface area contributed by atoms with Crippen LogP contribution >= 0.6 is 11.3 Å². The van der Waals surface area contributed by atoms with Crippen molar-refractivity contribution in [3.63, 3.8) is 0 Å². The van der Waals surface area contributed by atoms with Gasteiger partial charge in [0.15, 0.2) is 0 Å². The number of rotatable bonds is 5. The van der Waals surface area contributed by atoms with Gasteiger partial charge in [-0.1, -0.05) is 29.5 Å². The molecule has 1 aromatic heterocycles. The summed E-state index contributed by atoms with van der Waals surface area (Å²) in [5, 5.41) is 9.55. The summed E-state index contributed by atoms with van der Waals surface area (Å²) in [5.41, 5.74) is 1.47. The number of aliphatic hydroxyl groups is 1. The zero-order valence-electron chi connectivity index (χ0n) is 15.6. The number of carbonyl (C=O) groups excluding carboxylic acids is 1. The van der Waals surface area contributed by atoms with Gasteiger partial charge in [-0.3, -0.25) is 9.69 Å². The van der Waals surface area contributed by atoms with Crippen molar-refractivity contribution in [3.05, 3.63) is 53.8 Å². The lowest BCUT2D eigenvalue weighted by molar-refractivity contribution is -0.136. The molecule has 2 aliphatic rings. The van der Waals surface area contributed by atoms with Crippen LogP contribution in [-0.4, -0.2) is 57.6 Å². The summed E-state index contributed by atoms with van der Waals surface area (Å²) in [6, 6.07) is 13.0. The van der Waals surface area contributed by atoms with E-state index in [2.05, 4.69) is 9.88 Å². The molecule has 3 aromatic rings. The molecule has 8 heteroatoms. The number of likely N-dealkylation sites (tertiary alicyclic amines) is 2. The SMILES string of the molecule is O=C(CO)N1CC2CC1CN2Cc1ccc(Oc2nc3ccccc3s2)cc1F. The van der Waals surface area contributed by atoms with E-state index in [1.54, 1.807) is 17.0 Å². The topological polar surface area (TPSA) is 65.9 Å². The summed E-state index contributed by atoms with van der Waals surface area (Å²) in [7, 11) is 0. The number of hydrogen-bond donors (Lipinski definition) is 1. The van der Waals surface area contributed by atoms with Crippen LogP contribution in [0.4, 0.5) is 4.39 Å². The molecule has 150 valence electrons. The molecule has 2 bridgehead atoms. The predicted molar refractivity (Wildman–Crippen MR) is 107 cm³/mol. The fraction of sp³-hybridized carbons (Fsp3) is 0.333. The number of halogens is 1. The molecule has 0 saturated carbocycles. The van der Waals surface area contributed by atoms with E-state index < -0.39 is 6.61 Å². The minimum atomic E-state index is -0.450. The summed E-state index contributed by atoms with van der Waals surface area (Å²) >= 11 is 1.43. The van der Waals surface area contributed by atoms with Crippen molar-refractivity contribution in [2.45, 2.75) is 25.0 Å². The Morgan fingerprint density at radius 1 is 1.24 bits per heavy atom. The van der Waals surface area contributed by atoms with Gasteiger partial charge in [0.2, 0.25) is 5.91 Å². The summed E-state index contributed by atoms with van der Waals surface area (Å²) in [4.78, 5) is 20.1. The van der Waals surface area contributed by atoms with Gasteiger partial charge in [-0.2, -0.15) is 0 Å². The highest BCUT2D eigenvalue weighted by atomic mass is 32.1. The normalized spacial score (nSPS) is 21.2. The van der Waals surface area contributed by atoms with Crippen molar-refractivity contribution in [1.29, 1.82) is 0 Å². The molecule has 2 saturated heterocycles. The molecule has 29 heavy (non-hydrogen) atoms. The number of aromatic nitrogens is 1. The lowest BCUT2D eigenvalue weighted by atomic mass is 10.1. The standard InChI is InChI=1S/C21H20FN3O3S/c22-17-8-16(28-21-23-18-3-1-2-4-19(18)29-21)6-5-13(17)9-24-10-15-7-14(24)11-25(15)20(27)12-26/h1-6,8,14-15,26H,7,9-12H2. The Morgan fingerprint density at radius 3 is 2.83 bits per heavy atom. The number of carbonyl (C=O) groups is 1. The maximum atomic E-state index is 14.7. The van der Waals surface area contributed by atoms with Crippen molar-refractivity contribution in [2.24, 2.45) is 0 Å². The minimum absolute atomic E-state index is 0.115. The molecule has 2 atom stereocenters. The van der Waals surface area contributed by atoms with E-state index in [1.165, 1.54) is 17.4 Å². The average molecular weight is 413 g/mol. The molecule has 3 heterocycles. The van der Waals surface area contributed by atoms with E-state index in [0.717, 1.165) is 16.6 Å². The zero-order chi connectivity index (χ0) is 20.0. The molecule has 6 nitrogen and oxygen atoms in total. The van der Waals surface area contributed by atoms with Gasteiger partial charge >= 0.3 is 0 Å². The van der Waals surface area contributed by atoms with Crippen molar-refractivity contribution in [3.8, 4) is 10.9 Å². The lowest BCUT2D eigenvalue weighted by Crippen LogP contribution is -2.49. The third-order valence-electron chi connectivity index (χ3n) is 5.69. The Hall–Kier alpha value is -2.55. The van der Waals surface area contributed by atoms with E-state index in [-0.39, 0.29) is 23.8 Å². The Labute approximate surface area is 171 Å². The number of thiazole rings is 1. The van der Waals surface area contributed by atoms with Gasteiger partial charge in [0, 0.05) is 43.3 Å².